The first-order chi connectivity index (χ1) is 33.7. The fourth-order valence-corrected chi connectivity index (χ4v) is 11.9. The van der Waals surface area contributed by atoms with Crippen LogP contribution in [0.25, 0.3) is 88.0 Å². The maximum absolute atomic E-state index is 2.53. The van der Waals surface area contributed by atoms with Gasteiger partial charge in [-0.25, -0.2) is 0 Å². The molecule has 0 N–H and O–H groups in total. The number of anilines is 3. The standard InChI is InChI=1S/C67H43N/c1-4-18-44(19-5-1)47-32-36-58-59-37-33-48(45-20-6-2-7-21-45)41-64(59)67(63(58)40-47)62-30-16-14-29-57(62)60-39-35-50(43-65(60)67)68(66-31-17-15-24-51(66)46-22-8-3-9-23-46)49-34-38-56-54-27-11-10-25-52(54)53-26-12-13-28-55(53)61(56)42-49/h1-43H. The molecule has 12 aromatic rings. The SMILES string of the molecule is c1ccc(-c2ccc3c(c2)C2(c4ccccc4-c4ccc(N(c5ccc6c7ccccc7c7ccccc7c6c5)c5ccccc5-c5ccccc5)cc42)c2cc(-c4ccccc4)ccc2-3)cc1. The molecule has 12 aromatic carbocycles. The number of rotatable bonds is 6. The first kappa shape index (κ1) is 38.5. The van der Waals surface area contributed by atoms with Gasteiger partial charge in [-0.1, -0.05) is 218 Å². The Labute approximate surface area is 396 Å². The van der Waals surface area contributed by atoms with Crippen LogP contribution in [0.4, 0.5) is 17.1 Å². The van der Waals surface area contributed by atoms with Crippen molar-refractivity contribution >= 4 is 49.4 Å². The summed E-state index contributed by atoms with van der Waals surface area (Å²) in [7, 11) is 0. The first-order valence-corrected chi connectivity index (χ1v) is 23.7. The minimum absolute atomic E-state index is 0.592. The van der Waals surface area contributed by atoms with Crippen molar-refractivity contribution in [3.63, 3.8) is 0 Å². The van der Waals surface area contributed by atoms with E-state index in [9.17, 15) is 0 Å². The monoisotopic (exact) mass is 861 g/mol. The normalized spacial score (nSPS) is 12.8. The largest absolute Gasteiger partial charge is 0.310 e. The molecule has 0 aromatic heterocycles. The second kappa shape index (κ2) is 15.1. The van der Waals surface area contributed by atoms with E-state index in [2.05, 4.69) is 266 Å². The van der Waals surface area contributed by atoms with E-state index in [-0.39, 0.29) is 0 Å². The van der Waals surface area contributed by atoms with E-state index >= 15 is 0 Å². The Kier molecular flexibility index (Phi) is 8.57. The summed E-state index contributed by atoms with van der Waals surface area (Å²) in [4.78, 5) is 2.51. The summed E-state index contributed by atoms with van der Waals surface area (Å²) in [5.41, 5.74) is 20.3. The number of para-hydroxylation sites is 1. The average Bonchev–Trinajstić information content (AvgIpc) is 3.88. The van der Waals surface area contributed by atoms with Crippen LogP contribution in [0.1, 0.15) is 22.3 Å². The number of nitrogens with zero attached hydrogens (tertiary/aromatic N) is 1. The van der Waals surface area contributed by atoms with E-state index in [1.165, 1.54) is 110 Å². The molecule has 2 aliphatic rings. The molecule has 2 aliphatic carbocycles. The molecule has 0 saturated carbocycles. The topological polar surface area (TPSA) is 3.24 Å². The fourth-order valence-electron chi connectivity index (χ4n) is 11.9. The molecule has 0 fully saturated rings. The van der Waals surface area contributed by atoms with Crippen molar-refractivity contribution in [2.75, 3.05) is 4.90 Å². The number of benzene rings is 12. The Morgan fingerprint density at radius 3 is 1.21 bits per heavy atom. The smallest absolute Gasteiger partial charge is 0.0726 e. The van der Waals surface area contributed by atoms with Crippen LogP contribution < -0.4 is 4.90 Å². The predicted molar refractivity (Wildman–Crippen MR) is 286 cm³/mol. The molecule has 1 nitrogen and oxygen atoms in total. The van der Waals surface area contributed by atoms with Crippen molar-refractivity contribution in [1.29, 1.82) is 0 Å². The first-order valence-electron chi connectivity index (χ1n) is 23.7. The number of hydrogen-bond acceptors (Lipinski definition) is 1. The van der Waals surface area contributed by atoms with Crippen LogP contribution in [0.5, 0.6) is 0 Å². The van der Waals surface area contributed by atoms with Crippen molar-refractivity contribution in [3.8, 4) is 55.6 Å². The summed E-state index contributed by atoms with van der Waals surface area (Å²) in [6.07, 6.45) is 0. The van der Waals surface area contributed by atoms with E-state index in [4.69, 9.17) is 0 Å². The van der Waals surface area contributed by atoms with E-state index in [1.54, 1.807) is 0 Å². The van der Waals surface area contributed by atoms with Crippen molar-refractivity contribution in [1.82, 2.24) is 0 Å². The van der Waals surface area contributed by atoms with Gasteiger partial charge in [0.2, 0.25) is 0 Å². The highest BCUT2D eigenvalue weighted by atomic mass is 15.1. The summed E-state index contributed by atoms with van der Waals surface area (Å²) in [5, 5.41) is 7.57. The van der Waals surface area contributed by atoms with Crippen LogP contribution in [-0.4, -0.2) is 0 Å². The number of hydrogen-bond donors (Lipinski definition) is 0. The van der Waals surface area contributed by atoms with Crippen LogP contribution in [0.2, 0.25) is 0 Å². The highest BCUT2D eigenvalue weighted by molar-refractivity contribution is 6.26. The van der Waals surface area contributed by atoms with E-state index in [1.807, 2.05) is 0 Å². The van der Waals surface area contributed by atoms with Crippen molar-refractivity contribution in [3.05, 3.63) is 283 Å². The third-order valence-electron chi connectivity index (χ3n) is 14.9. The van der Waals surface area contributed by atoms with Crippen LogP contribution in [-0.2, 0) is 5.41 Å². The summed E-state index contributed by atoms with van der Waals surface area (Å²) in [6.45, 7) is 0. The van der Waals surface area contributed by atoms with Gasteiger partial charge in [-0.05, 0) is 147 Å². The van der Waals surface area contributed by atoms with Gasteiger partial charge in [0, 0.05) is 16.9 Å². The molecule has 1 heteroatoms. The van der Waals surface area contributed by atoms with E-state index in [0.717, 1.165) is 17.1 Å². The highest BCUT2D eigenvalue weighted by Gasteiger charge is 2.52. The molecule has 1 spiro atoms. The molecule has 0 atom stereocenters. The molecular formula is C67H43N. The minimum atomic E-state index is -0.592. The van der Waals surface area contributed by atoms with Crippen LogP contribution >= 0.6 is 0 Å². The zero-order chi connectivity index (χ0) is 44.8. The van der Waals surface area contributed by atoms with Gasteiger partial charge in [-0.2, -0.15) is 0 Å². The van der Waals surface area contributed by atoms with Crippen molar-refractivity contribution < 1.29 is 0 Å². The maximum atomic E-state index is 2.53. The second-order valence-corrected chi connectivity index (χ2v) is 18.3. The molecule has 0 heterocycles. The lowest BCUT2D eigenvalue weighted by molar-refractivity contribution is 0.794. The van der Waals surface area contributed by atoms with Crippen LogP contribution in [0, 0.1) is 0 Å². The Morgan fingerprint density at radius 1 is 0.221 bits per heavy atom. The summed E-state index contributed by atoms with van der Waals surface area (Å²) in [6, 6.07) is 97.2. The van der Waals surface area contributed by atoms with Gasteiger partial charge in [-0.3, -0.25) is 0 Å². The molecule has 68 heavy (non-hydrogen) atoms. The third-order valence-corrected chi connectivity index (χ3v) is 14.9. The molecular weight excluding hydrogens is 819 g/mol. The van der Waals surface area contributed by atoms with Crippen LogP contribution in [0.3, 0.4) is 0 Å². The second-order valence-electron chi connectivity index (χ2n) is 18.3. The maximum Gasteiger partial charge on any atom is 0.0726 e. The zero-order valence-electron chi connectivity index (χ0n) is 37.3. The summed E-state index contributed by atoms with van der Waals surface area (Å²) >= 11 is 0. The molecule has 14 rings (SSSR count). The predicted octanol–water partition coefficient (Wildman–Crippen LogP) is 18.0. The molecule has 0 aliphatic heterocycles. The Bertz CT molecular complexity index is 3840. The van der Waals surface area contributed by atoms with Gasteiger partial charge < -0.3 is 4.90 Å². The average molecular weight is 862 g/mol. The Hall–Kier alpha value is -8.78. The van der Waals surface area contributed by atoms with Crippen LogP contribution in [0.15, 0.2) is 261 Å². The lowest BCUT2D eigenvalue weighted by Gasteiger charge is -2.33. The Morgan fingerprint density at radius 2 is 0.618 bits per heavy atom. The lowest BCUT2D eigenvalue weighted by atomic mass is 9.69. The summed E-state index contributed by atoms with van der Waals surface area (Å²) in [5.74, 6) is 0. The van der Waals surface area contributed by atoms with Gasteiger partial charge in [0.25, 0.3) is 0 Å². The molecule has 0 radical (unpaired) electrons. The molecule has 0 saturated heterocycles. The van der Waals surface area contributed by atoms with Gasteiger partial charge in [0.15, 0.2) is 0 Å². The lowest BCUT2D eigenvalue weighted by Crippen LogP contribution is -2.26. The van der Waals surface area contributed by atoms with Crippen molar-refractivity contribution in [2.24, 2.45) is 0 Å². The van der Waals surface area contributed by atoms with Gasteiger partial charge in [0.1, 0.15) is 0 Å². The minimum Gasteiger partial charge on any atom is -0.310 e. The van der Waals surface area contributed by atoms with Gasteiger partial charge >= 0.3 is 0 Å². The summed E-state index contributed by atoms with van der Waals surface area (Å²) < 4.78 is 0. The van der Waals surface area contributed by atoms with Crippen molar-refractivity contribution in [2.45, 2.75) is 5.41 Å². The van der Waals surface area contributed by atoms with E-state index < -0.39 is 5.41 Å². The number of fused-ring (bicyclic) bond motifs is 16. The molecule has 316 valence electrons. The van der Waals surface area contributed by atoms with E-state index in [0.29, 0.717) is 0 Å². The van der Waals surface area contributed by atoms with Gasteiger partial charge in [0.05, 0.1) is 11.1 Å². The van der Waals surface area contributed by atoms with Gasteiger partial charge in [-0.15, -0.1) is 0 Å². The quantitative estimate of drug-likeness (QED) is 0.151. The molecule has 0 unspecified atom stereocenters. The molecule has 0 amide bonds. The zero-order valence-corrected chi connectivity index (χ0v) is 37.3. The fraction of sp³-hybridized carbons (Fsp3) is 0.0149. The highest BCUT2D eigenvalue weighted by Crippen LogP contribution is 2.64. The molecule has 0 bridgehead atoms. The third kappa shape index (κ3) is 5.63. The Balaban J connectivity index is 1.07.